The highest BCUT2D eigenvalue weighted by molar-refractivity contribution is 5.90. The van der Waals surface area contributed by atoms with Crippen LogP contribution in [-0.4, -0.2) is 11.1 Å². The average molecular weight is 152 g/mol. The molecular formula is C8H8O3. The van der Waals surface area contributed by atoms with E-state index >= 15 is 0 Å². The fourth-order valence-corrected chi connectivity index (χ4v) is 0.649. The molecule has 3 nitrogen and oxygen atoms in total. The summed E-state index contributed by atoms with van der Waals surface area (Å²) in [5.41, 5.74) is 0.264. The van der Waals surface area contributed by atoms with Crippen LogP contribution in [0.2, 0.25) is 0 Å². The molecule has 1 rings (SSSR count). The van der Waals surface area contributed by atoms with E-state index in [-0.39, 0.29) is 5.57 Å². The summed E-state index contributed by atoms with van der Waals surface area (Å²) in [7, 11) is 0. The average Bonchev–Trinajstić information content (AvgIpc) is 2.39. The van der Waals surface area contributed by atoms with Gasteiger partial charge in [0.15, 0.2) is 0 Å². The Labute approximate surface area is 64.0 Å². The summed E-state index contributed by atoms with van der Waals surface area (Å²) >= 11 is 0. The van der Waals surface area contributed by atoms with E-state index in [1.165, 1.54) is 19.3 Å². The number of carboxylic acids is 1. The Hall–Kier alpha value is -1.51. The second-order valence-electron chi connectivity index (χ2n) is 2.15. The maximum absolute atomic E-state index is 10.3. The van der Waals surface area contributed by atoms with E-state index in [1.807, 2.05) is 0 Å². The van der Waals surface area contributed by atoms with Crippen molar-refractivity contribution in [3.8, 4) is 0 Å². The molecule has 0 aliphatic rings. The predicted molar refractivity (Wildman–Crippen MR) is 40.0 cm³/mol. The van der Waals surface area contributed by atoms with Crippen molar-refractivity contribution < 1.29 is 14.3 Å². The minimum absolute atomic E-state index is 0.264. The van der Waals surface area contributed by atoms with E-state index in [0.717, 1.165) is 0 Å². The van der Waals surface area contributed by atoms with Gasteiger partial charge >= 0.3 is 5.97 Å². The first-order valence-corrected chi connectivity index (χ1v) is 3.15. The predicted octanol–water partition coefficient (Wildman–Crippen LogP) is 1.77. The molecular weight excluding hydrogens is 144 g/mol. The van der Waals surface area contributed by atoms with Crippen molar-refractivity contribution in [3.63, 3.8) is 0 Å². The van der Waals surface area contributed by atoms with Crippen LogP contribution in [0, 0.1) is 0 Å². The summed E-state index contributed by atoms with van der Waals surface area (Å²) in [4.78, 5) is 10.3. The zero-order chi connectivity index (χ0) is 8.27. The fourth-order valence-electron chi connectivity index (χ4n) is 0.649. The number of hydrogen-bond acceptors (Lipinski definition) is 2. The van der Waals surface area contributed by atoms with Gasteiger partial charge in [-0.2, -0.15) is 0 Å². The van der Waals surface area contributed by atoms with Crippen LogP contribution in [-0.2, 0) is 4.79 Å². The number of carbonyl (C=O) groups is 1. The summed E-state index contributed by atoms with van der Waals surface area (Å²) in [6.45, 7) is 1.52. The molecule has 11 heavy (non-hydrogen) atoms. The lowest BCUT2D eigenvalue weighted by Gasteiger charge is -1.88. The molecule has 0 saturated carbocycles. The van der Waals surface area contributed by atoms with Crippen molar-refractivity contribution in [2.75, 3.05) is 0 Å². The molecule has 0 fully saturated rings. The third-order valence-corrected chi connectivity index (χ3v) is 1.24. The third-order valence-electron chi connectivity index (χ3n) is 1.24. The summed E-state index contributed by atoms with van der Waals surface area (Å²) < 4.78 is 4.91. The van der Waals surface area contributed by atoms with Gasteiger partial charge in [0.05, 0.1) is 6.26 Å². The lowest BCUT2D eigenvalue weighted by Crippen LogP contribution is -1.94. The van der Waals surface area contributed by atoms with Crippen molar-refractivity contribution in [1.29, 1.82) is 0 Å². The Morgan fingerprint density at radius 3 is 2.91 bits per heavy atom. The van der Waals surface area contributed by atoms with Crippen LogP contribution < -0.4 is 0 Å². The van der Waals surface area contributed by atoms with Gasteiger partial charge < -0.3 is 9.52 Å². The van der Waals surface area contributed by atoms with Gasteiger partial charge in [0, 0.05) is 5.57 Å². The van der Waals surface area contributed by atoms with Crippen LogP contribution in [0.4, 0.5) is 0 Å². The Kier molecular flexibility index (Phi) is 2.11. The number of aliphatic carboxylic acids is 1. The van der Waals surface area contributed by atoms with Crippen LogP contribution in [0.5, 0.6) is 0 Å². The van der Waals surface area contributed by atoms with Crippen molar-refractivity contribution in [1.82, 2.24) is 0 Å². The number of carboxylic acid groups (broad SMARTS) is 1. The van der Waals surface area contributed by atoms with E-state index in [2.05, 4.69) is 0 Å². The number of furan rings is 1. The zero-order valence-electron chi connectivity index (χ0n) is 6.07. The molecule has 3 heteroatoms. The molecule has 1 heterocycles. The van der Waals surface area contributed by atoms with Crippen molar-refractivity contribution >= 4 is 12.0 Å². The first-order valence-electron chi connectivity index (χ1n) is 3.15. The molecule has 0 atom stereocenters. The Morgan fingerprint density at radius 2 is 2.45 bits per heavy atom. The van der Waals surface area contributed by atoms with E-state index in [1.54, 1.807) is 12.1 Å². The third kappa shape index (κ3) is 1.97. The maximum atomic E-state index is 10.3. The van der Waals surface area contributed by atoms with Crippen LogP contribution in [0.3, 0.4) is 0 Å². The number of hydrogen-bond donors (Lipinski definition) is 1. The van der Waals surface area contributed by atoms with Gasteiger partial charge in [-0.15, -0.1) is 0 Å². The van der Waals surface area contributed by atoms with Gasteiger partial charge in [-0.3, -0.25) is 0 Å². The molecule has 58 valence electrons. The molecule has 0 unspecified atom stereocenters. The minimum atomic E-state index is -0.929. The SMILES string of the molecule is C/C(=C\c1ccco1)C(=O)O. The Bertz CT molecular complexity index is 270. The molecule has 1 N–H and O–H groups in total. The second kappa shape index (κ2) is 3.05. The van der Waals surface area contributed by atoms with Crippen LogP contribution in [0.1, 0.15) is 12.7 Å². The number of rotatable bonds is 2. The molecule has 0 aliphatic heterocycles. The standard InChI is InChI=1S/C8H8O3/c1-6(8(9)10)5-7-3-2-4-11-7/h2-5H,1H3,(H,9,10)/b6-5+. The zero-order valence-corrected chi connectivity index (χ0v) is 6.07. The highest BCUT2D eigenvalue weighted by Crippen LogP contribution is 2.06. The van der Waals surface area contributed by atoms with Crippen molar-refractivity contribution in [3.05, 3.63) is 29.7 Å². The lowest BCUT2D eigenvalue weighted by atomic mass is 10.2. The fraction of sp³-hybridized carbons (Fsp3) is 0.125. The smallest absolute Gasteiger partial charge is 0.331 e. The molecule has 0 aliphatic carbocycles. The molecule has 0 aromatic carbocycles. The Balaban J connectivity index is 2.82. The molecule has 0 amide bonds. The second-order valence-corrected chi connectivity index (χ2v) is 2.15. The quantitative estimate of drug-likeness (QED) is 0.657. The van der Waals surface area contributed by atoms with E-state index < -0.39 is 5.97 Å². The largest absolute Gasteiger partial charge is 0.478 e. The van der Waals surface area contributed by atoms with Crippen LogP contribution in [0.25, 0.3) is 6.08 Å². The molecule has 1 aromatic rings. The normalized spacial score (nSPS) is 11.5. The van der Waals surface area contributed by atoms with Crippen LogP contribution in [0.15, 0.2) is 28.4 Å². The molecule has 1 aromatic heterocycles. The first-order chi connectivity index (χ1) is 5.20. The van der Waals surface area contributed by atoms with Crippen molar-refractivity contribution in [2.45, 2.75) is 6.92 Å². The summed E-state index contributed by atoms with van der Waals surface area (Å²) in [6.07, 6.45) is 2.98. The van der Waals surface area contributed by atoms with E-state index in [9.17, 15) is 4.79 Å². The first kappa shape index (κ1) is 7.60. The van der Waals surface area contributed by atoms with E-state index in [4.69, 9.17) is 9.52 Å². The minimum Gasteiger partial charge on any atom is -0.478 e. The highest BCUT2D eigenvalue weighted by Gasteiger charge is 1.99. The lowest BCUT2D eigenvalue weighted by molar-refractivity contribution is -0.132. The summed E-state index contributed by atoms with van der Waals surface area (Å²) in [5, 5.41) is 8.47. The van der Waals surface area contributed by atoms with E-state index in [0.29, 0.717) is 5.76 Å². The summed E-state index contributed by atoms with van der Waals surface area (Å²) in [6, 6.07) is 3.41. The molecule has 0 saturated heterocycles. The van der Waals surface area contributed by atoms with Gasteiger partial charge in [0.1, 0.15) is 5.76 Å². The monoisotopic (exact) mass is 152 g/mol. The van der Waals surface area contributed by atoms with Gasteiger partial charge in [0.25, 0.3) is 0 Å². The van der Waals surface area contributed by atoms with Gasteiger partial charge in [0.2, 0.25) is 0 Å². The Morgan fingerprint density at radius 1 is 1.73 bits per heavy atom. The molecule has 0 spiro atoms. The van der Waals surface area contributed by atoms with Crippen LogP contribution >= 0.6 is 0 Å². The topological polar surface area (TPSA) is 50.4 Å². The van der Waals surface area contributed by atoms with Gasteiger partial charge in [-0.1, -0.05) is 0 Å². The highest BCUT2D eigenvalue weighted by atomic mass is 16.4. The van der Waals surface area contributed by atoms with Crippen molar-refractivity contribution in [2.24, 2.45) is 0 Å². The van der Waals surface area contributed by atoms with Gasteiger partial charge in [-0.25, -0.2) is 4.79 Å². The summed E-state index contributed by atoms with van der Waals surface area (Å²) in [5.74, 6) is -0.369. The molecule has 0 radical (unpaired) electrons. The maximum Gasteiger partial charge on any atom is 0.331 e. The molecule has 0 bridgehead atoms. The van der Waals surface area contributed by atoms with Gasteiger partial charge in [-0.05, 0) is 25.1 Å².